The predicted octanol–water partition coefficient (Wildman–Crippen LogP) is 2.17. The monoisotopic (exact) mass is 418 g/mol. The molecular formula is C22H18N4O5. The van der Waals surface area contributed by atoms with E-state index in [-0.39, 0.29) is 23.7 Å². The summed E-state index contributed by atoms with van der Waals surface area (Å²) in [6, 6.07) is 11.3. The van der Waals surface area contributed by atoms with Gasteiger partial charge in [0.2, 0.25) is 11.8 Å². The highest BCUT2D eigenvalue weighted by atomic mass is 16.6. The van der Waals surface area contributed by atoms with Crippen molar-refractivity contribution in [2.24, 2.45) is 16.9 Å². The summed E-state index contributed by atoms with van der Waals surface area (Å²) in [4.78, 5) is 51.7. The van der Waals surface area contributed by atoms with E-state index in [1.165, 1.54) is 29.2 Å². The van der Waals surface area contributed by atoms with E-state index in [0.29, 0.717) is 0 Å². The van der Waals surface area contributed by atoms with Gasteiger partial charge in [0.05, 0.1) is 29.0 Å². The first-order valence-electron chi connectivity index (χ1n) is 9.99. The van der Waals surface area contributed by atoms with Crippen LogP contribution >= 0.6 is 0 Å². The standard InChI is InChI=1S/C22H18N4O5/c1-2-24-21(28)16-17(22(24)29)19(20(27)12-7-5-8-14(10-12)26(30)31)25-18(16)15-9-4-3-6-13(15)11-23-25/h3-11,16-19H,2H2,1H3/t16-,17+,18-,19+/m0/s1. The Kier molecular flexibility index (Phi) is 4.21. The fourth-order valence-electron chi connectivity index (χ4n) is 4.99. The van der Waals surface area contributed by atoms with Crippen molar-refractivity contribution in [2.75, 3.05) is 6.54 Å². The summed E-state index contributed by atoms with van der Waals surface area (Å²) in [5.41, 5.74) is 1.57. The van der Waals surface area contributed by atoms with Crippen molar-refractivity contribution in [1.82, 2.24) is 9.91 Å². The van der Waals surface area contributed by atoms with E-state index in [2.05, 4.69) is 5.10 Å². The van der Waals surface area contributed by atoms with Gasteiger partial charge in [-0.2, -0.15) is 5.10 Å². The molecule has 3 aliphatic rings. The molecule has 2 aromatic carbocycles. The molecule has 0 spiro atoms. The van der Waals surface area contributed by atoms with E-state index in [1.807, 2.05) is 24.3 Å². The summed E-state index contributed by atoms with van der Waals surface area (Å²) in [5, 5.41) is 17.2. The second-order valence-electron chi connectivity index (χ2n) is 7.79. The number of rotatable bonds is 4. The van der Waals surface area contributed by atoms with E-state index >= 15 is 0 Å². The fraction of sp³-hybridized carbons (Fsp3) is 0.273. The Morgan fingerprint density at radius 1 is 1.10 bits per heavy atom. The molecule has 2 amide bonds. The number of hydrogen-bond acceptors (Lipinski definition) is 7. The average molecular weight is 418 g/mol. The molecule has 31 heavy (non-hydrogen) atoms. The van der Waals surface area contributed by atoms with Gasteiger partial charge in [0.15, 0.2) is 5.78 Å². The van der Waals surface area contributed by atoms with Gasteiger partial charge < -0.3 is 0 Å². The zero-order valence-electron chi connectivity index (χ0n) is 16.5. The van der Waals surface area contributed by atoms with Crippen LogP contribution in [0, 0.1) is 22.0 Å². The van der Waals surface area contributed by atoms with Crippen LogP contribution in [0.3, 0.4) is 0 Å². The third kappa shape index (κ3) is 2.62. The van der Waals surface area contributed by atoms with Gasteiger partial charge in [0.1, 0.15) is 6.04 Å². The number of nitrogens with zero attached hydrogens (tertiary/aromatic N) is 4. The Morgan fingerprint density at radius 3 is 2.58 bits per heavy atom. The van der Waals surface area contributed by atoms with Gasteiger partial charge in [-0.05, 0) is 18.1 Å². The van der Waals surface area contributed by atoms with Crippen LogP contribution in [0.1, 0.15) is 34.5 Å². The molecule has 4 atom stereocenters. The first kappa shape index (κ1) is 19.1. The zero-order chi connectivity index (χ0) is 21.9. The van der Waals surface area contributed by atoms with Gasteiger partial charge in [-0.15, -0.1) is 0 Å². The van der Waals surface area contributed by atoms with E-state index < -0.39 is 40.5 Å². The molecule has 0 aromatic heterocycles. The molecule has 0 radical (unpaired) electrons. The Hall–Kier alpha value is -3.88. The topological polar surface area (TPSA) is 113 Å². The number of ketones is 1. The number of imide groups is 1. The van der Waals surface area contributed by atoms with Crippen LogP contribution in [0.2, 0.25) is 0 Å². The number of carbonyl (C=O) groups excluding carboxylic acids is 3. The van der Waals surface area contributed by atoms with Gasteiger partial charge in [0.25, 0.3) is 5.69 Å². The number of likely N-dealkylation sites (tertiary alicyclic amines) is 1. The molecule has 2 aromatic rings. The van der Waals surface area contributed by atoms with Crippen LogP contribution in [0.4, 0.5) is 5.69 Å². The molecule has 9 heteroatoms. The lowest BCUT2D eigenvalue weighted by atomic mass is 9.83. The maximum Gasteiger partial charge on any atom is 0.270 e. The Labute approximate surface area is 177 Å². The number of Topliss-reactive ketones (excluding diaryl/α,β-unsaturated/α-hetero) is 1. The van der Waals surface area contributed by atoms with Gasteiger partial charge in [-0.3, -0.25) is 34.4 Å². The fourth-order valence-corrected chi connectivity index (χ4v) is 4.99. The molecule has 3 aliphatic heterocycles. The van der Waals surface area contributed by atoms with Crippen LogP contribution in [-0.2, 0) is 9.59 Å². The predicted molar refractivity (Wildman–Crippen MR) is 109 cm³/mol. The minimum Gasteiger partial charge on any atom is -0.292 e. The van der Waals surface area contributed by atoms with Gasteiger partial charge >= 0.3 is 0 Å². The third-order valence-corrected chi connectivity index (χ3v) is 6.31. The Balaban J connectivity index is 1.64. The summed E-state index contributed by atoms with van der Waals surface area (Å²) in [6.45, 7) is 1.94. The van der Waals surface area contributed by atoms with Gasteiger partial charge in [-0.25, -0.2) is 0 Å². The SMILES string of the molecule is CCN1C(=O)[C@@H]2[C@H](C1=O)[C@@H]1c3ccccc3C=NN1[C@H]2C(=O)c1cccc([N+](=O)[O-])c1. The molecule has 0 N–H and O–H groups in total. The number of benzene rings is 2. The van der Waals surface area contributed by atoms with Crippen LogP contribution in [-0.4, -0.2) is 51.2 Å². The highest BCUT2D eigenvalue weighted by molar-refractivity contribution is 6.12. The average Bonchev–Trinajstić information content (AvgIpc) is 3.25. The quantitative estimate of drug-likeness (QED) is 0.325. The normalized spacial score (nSPS) is 26.0. The highest BCUT2D eigenvalue weighted by Gasteiger charge is 2.64. The summed E-state index contributed by atoms with van der Waals surface area (Å²) in [5.74, 6) is -2.81. The summed E-state index contributed by atoms with van der Waals surface area (Å²) in [6.07, 6.45) is 1.62. The molecule has 0 bridgehead atoms. The Morgan fingerprint density at radius 2 is 1.84 bits per heavy atom. The summed E-state index contributed by atoms with van der Waals surface area (Å²) in [7, 11) is 0. The molecule has 0 aliphatic carbocycles. The first-order chi connectivity index (χ1) is 14.9. The number of hydrazone groups is 1. The van der Waals surface area contributed by atoms with Gasteiger partial charge in [-0.1, -0.05) is 36.4 Å². The highest BCUT2D eigenvalue weighted by Crippen LogP contribution is 2.52. The zero-order valence-corrected chi connectivity index (χ0v) is 16.5. The summed E-state index contributed by atoms with van der Waals surface area (Å²) >= 11 is 0. The molecule has 3 heterocycles. The number of nitro benzene ring substituents is 1. The second-order valence-corrected chi connectivity index (χ2v) is 7.79. The first-order valence-corrected chi connectivity index (χ1v) is 9.99. The maximum atomic E-state index is 13.6. The van der Waals surface area contributed by atoms with Crippen molar-refractivity contribution >= 4 is 29.5 Å². The Bertz CT molecular complexity index is 1180. The van der Waals surface area contributed by atoms with Crippen LogP contribution in [0.25, 0.3) is 0 Å². The number of non-ortho nitro benzene ring substituents is 1. The smallest absolute Gasteiger partial charge is 0.270 e. The van der Waals surface area contributed by atoms with Crippen molar-refractivity contribution in [3.63, 3.8) is 0 Å². The lowest BCUT2D eigenvalue weighted by Gasteiger charge is -2.33. The molecule has 2 fully saturated rings. The van der Waals surface area contributed by atoms with E-state index in [1.54, 1.807) is 18.1 Å². The number of nitro groups is 1. The third-order valence-electron chi connectivity index (χ3n) is 6.31. The number of carbonyl (C=O) groups is 3. The van der Waals surface area contributed by atoms with Crippen molar-refractivity contribution in [1.29, 1.82) is 0 Å². The summed E-state index contributed by atoms with van der Waals surface area (Å²) < 4.78 is 0. The minimum atomic E-state index is -1.02. The molecule has 156 valence electrons. The van der Waals surface area contributed by atoms with Crippen molar-refractivity contribution < 1.29 is 19.3 Å². The van der Waals surface area contributed by atoms with Crippen molar-refractivity contribution in [2.45, 2.75) is 19.0 Å². The lowest BCUT2D eigenvalue weighted by molar-refractivity contribution is -0.384. The number of hydrogen-bond donors (Lipinski definition) is 0. The van der Waals surface area contributed by atoms with Crippen LogP contribution in [0.5, 0.6) is 0 Å². The van der Waals surface area contributed by atoms with Crippen LogP contribution in [0.15, 0.2) is 53.6 Å². The lowest BCUT2D eigenvalue weighted by Crippen LogP contribution is -2.44. The maximum absolute atomic E-state index is 13.6. The van der Waals surface area contributed by atoms with E-state index in [0.717, 1.165) is 11.1 Å². The molecule has 0 saturated carbocycles. The van der Waals surface area contributed by atoms with E-state index in [4.69, 9.17) is 0 Å². The molecule has 9 nitrogen and oxygen atoms in total. The van der Waals surface area contributed by atoms with E-state index in [9.17, 15) is 24.5 Å². The second kappa shape index (κ2) is 6.83. The van der Waals surface area contributed by atoms with Gasteiger partial charge in [0, 0.05) is 24.2 Å². The molecule has 2 saturated heterocycles. The molecular weight excluding hydrogens is 400 g/mol. The number of fused-ring (bicyclic) bond motifs is 5. The molecule has 0 unspecified atom stereocenters. The van der Waals surface area contributed by atoms with Crippen molar-refractivity contribution in [3.8, 4) is 0 Å². The largest absolute Gasteiger partial charge is 0.292 e. The molecule has 5 rings (SSSR count). The van der Waals surface area contributed by atoms with Crippen molar-refractivity contribution in [3.05, 3.63) is 75.3 Å². The van der Waals surface area contributed by atoms with Crippen LogP contribution < -0.4 is 0 Å². The number of amides is 2. The minimum absolute atomic E-state index is 0.114.